The fourth-order valence-electron chi connectivity index (χ4n) is 3.04. The molecule has 2 aliphatic rings. The molecule has 1 aromatic carbocycles. The van der Waals surface area contributed by atoms with Crippen molar-refractivity contribution < 1.29 is 22.8 Å². The van der Waals surface area contributed by atoms with Crippen molar-refractivity contribution in [2.75, 3.05) is 26.2 Å². The van der Waals surface area contributed by atoms with Gasteiger partial charge in [0.2, 0.25) is 15.9 Å². The number of nitrogens with one attached hydrogen (secondary N) is 2. The molecule has 9 nitrogen and oxygen atoms in total. The van der Waals surface area contributed by atoms with E-state index in [2.05, 4.69) is 26.6 Å². The molecule has 1 atom stereocenters. The van der Waals surface area contributed by atoms with E-state index >= 15 is 0 Å². The van der Waals surface area contributed by atoms with Crippen LogP contribution in [-0.2, 0) is 19.6 Å². The Kier molecular flexibility index (Phi) is 5.82. The molecule has 27 heavy (non-hydrogen) atoms. The zero-order valence-corrected chi connectivity index (χ0v) is 16.8. The van der Waals surface area contributed by atoms with Gasteiger partial charge >= 0.3 is 6.03 Å². The van der Waals surface area contributed by atoms with Crippen molar-refractivity contribution in [3.05, 3.63) is 28.7 Å². The minimum atomic E-state index is -3.61. The molecule has 2 fully saturated rings. The van der Waals surface area contributed by atoms with Crippen molar-refractivity contribution >= 4 is 43.8 Å². The molecular formula is C16H19BrN4O5S. The zero-order valence-electron chi connectivity index (χ0n) is 14.4. The highest BCUT2D eigenvalue weighted by Gasteiger charge is 2.32. The first kappa shape index (κ1) is 19.8. The van der Waals surface area contributed by atoms with Crippen molar-refractivity contribution in [3.8, 4) is 0 Å². The molecule has 0 radical (unpaired) electrons. The van der Waals surface area contributed by atoms with Crippen molar-refractivity contribution in [1.82, 2.24) is 19.8 Å². The Morgan fingerprint density at radius 3 is 2.48 bits per heavy atom. The molecule has 0 aliphatic carbocycles. The average Bonchev–Trinajstić information content (AvgIpc) is 2.97. The van der Waals surface area contributed by atoms with Gasteiger partial charge in [0.1, 0.15) is 6.04 Å². The van der Waals surface area contributed by atoms with Gasteiger partial charge in [-0.15, -0.1) is 0 Å². The molecule has 0 unspecified atom stereocenters. The van der Waals surface area contributed by atoms with Crippen molar-refractivity contribution in [3.63, 3.8) is 0 Å². The van der Waals surface area contributed by atoms with Gasteiger partial charge in [0.15, 0.2) is 0 Å². The van der Waals surface area contributed by atoms with Gasteiger partial charge in [-0.2, -0.15) is 4.31 Å². The lowest BCUT2D eigenvalue weighted by Gasteiger charge is -2.34. The van der Waals surface area contributed by atoms with Gasteiger partial charge in [-0.25, -0.2) is 13.2 Å². The smallest absolute Gasteiger partial charge is 0.322 e. The van der Waals surface area contributed by atoms with E-state index in [0.29, 0.717) is 4.47 Å². The number of urea groups is 1. The lowest BCUT2D eigenvalue weighted by atomic mass is 10.1. The lowest BCUT2D eigenvalue weighted by molar-refractivity contribution is -0.132. The summed E-state index contributed by atoms with van der Waals surface area (Å²) in [6, 6.07) is 5.26. The van der Waals surface area contributed by atoms with E-state index < -0.39 is 28.0 Å². The van der Waals surface area contributed by atoms with Gasteiger partial charge in [-0.05, 0) is 24.6 Å². The van der Waals surface area contributed by atoms with Crippen LogP contribution in [0.2, 0.25) is 0 Å². The molecule has 2 saturated heterocycles. The van der Waals surface area contributed by atoms with E-state index in [4.69, 9.17) is 0 Å². The maximum atomic E-state index is 12.7. The van der Waals surface area contributed by atoms with E-state index in [-0.39, 0.29) is 49.8 Å². The van der Waals surface area contributed by atoms with Crippen molar-refractivity contribution in [1.29, 1.82) is 0 Å². The second-order valence-electron chi connectivity index (χ2n) is 6.30. The fourth-order valence-corrected chi connectivity index (χ4v) is 5.06. The number of carbonyl (C=O) groups excluding carboxylic acids is 3. The number of piperazine rings is 1. The number of nitrogens with zero attached hydrogens (tertiary/aromatic N) is 2. The lowest BCUT2D eigenvalue weighted by Crippen LogP contribution is -2.50. The summed E-state index contributed by atoms with van der Waals surface area (Å²) in [5.74, 6) is -0.596. The molecule has 3 rings (SSSR count). The highest BCUT2D eigenvalue weighted by atomic mass is 79.9. The summed E-state index contributed by atoms with van der Waals surface area (Å²) in [4.78, 5) is 36.7. The van der Waals surface area contributed by atoms with Crippen LogP contribution in [-0.4, -0.2) is 67.7 Å². The van der Waals surface area contributed by atoms with Crippen LogP contribution in [0.1, 0.15) is 12.8 Å². The highest BCUT2D eigenvalue weighted by Crippen LogP contribution is 2.21. The van der Waals surface area contributed by atoms with Crippen LogP contribution < -0.4 is 10.6 Å². The number of hydrogen-bond donors (Lipinski definition) is 2. The number of benzene rings is 1. The Morgan fingerprint density at radius 1 is 1.19 bits per heavy atom. The van der Waals surface area contributed by atoms with Crippen molar-refractivity contribution in [2.24, 2.45) is 0 Å². The van der Waals surface area contributed by atoms with E-state index in [9.17, 15) is 22.8 Å². The topological polar surface area (TPSA) is 116 Å². The third-order valence-electron chi connectivity index (χ3n) is 4.53. The predicted molar refractivity (Wildman–Crippen MR) is 99.2 cm³/mol. The van der Waals surface area contributed by atoms with Crippen LogP contribution >= 0.6 is 15.9 Å². The summed E-state index contributed by atoms with van der Waals surface area (Å²) in [6.07, 6.45) is 0.323. The first-order valence-electron chi connectivity index (χ1n) is 8.42. The number of carbonyl (C=O) groups is 3. The number of hydrogen-bond acceptors (Lipinski definition) is 5. The van der Waals surface area contributed by atoms with Gasteiger partial charge < -0.3 is 10.2 Å². The number of rotatable bonds is 5. The molecule has 0 saturated carbocycles. The molecule has 0 bridgehead atoms. The van der Waals surface area contributed by atoms with Gasteiger partial charge in [-0.3, -0.25) is 14.9 Å². The fraction of sp³-hybridized carbons (Fsp3) is 0.438. The van der Waals surface area contributed by atoms with E-state index in [1.54, 1.807) is 29.2 Å². The standard InChI is InChI=1S/C16H19BrN4O5S/c17-11-2-1-3-12(10-11)27(25,26)21-8-6-20(7-9-21)14(22)5-4-13-15(23)19-16(24)18-13/h1-3,10,13H,4-9H2,(H2,18,19,23,24)/t13-/m1/s1. The second kappa shape index (κ2) is 7.95. The normalized spacial score (nSPS) is 21.1. The van der Waals surface area contributed by atoms with Gasteiger partial charge in [-0.1, -0.05) is 22.0 Å². The summed E-state index contributed by atoms with van der Waals surface area (Å²) in [7, 11) is -3.61. The average molecular weight is 459 g/mol. The van der Waals surface area contributed by atoms with Crippen LogP contribution in [0.15, 0.2) is 33.6 Å². The first-order chi connectivity index (χ1) is 12.8. The maximum absolute atomic E-state index is 12.7. The molecule has 11 heteroatoms. The Bertz CT molecular complexity index is 867. The summed E-state index contributed by atoms with van der Waals surface area (Å²) in [6.45, 7) is 0.993. The Labute approximate surface area is 165 Å². The number of amides is 4. The molecule has 1 aromatic rings. The number of sulfonamides is 1. The summed E-state index contributed by atoms with van der Waals surface area (Å²) in [5.41, 5.74) is 0. The monoisotopic (exact) mass is 458 g/mol. The van der Waals surface area contributed by atoms with E-state index in [0.717, 1.165) is 0 Å². The second-order valence-corrected chi connectivity index (χ2v) is 9.15. The molecule has 2 heterocycles. The minimum absolute atomic E-state index is 0.108. The molecular weight excluding hydrogens is 440 g/mol. The third-order valence-corrected chi connectivity index (χ3v) is 6.92. The van der Waals surface area contributed by atoms with Crippen LogP contribution in [0.4, 0.5) is 4.79 Å². The Hall–Kier alpha value is -1.98. The molecule has 4 amide bonds. The minimum Gasteiger partial charge on any atom is -0.340 e. The van der Waals surface area contributed by atoms with Gasteiger partial charge in [0, 0.05) is 37.1 Å². The summed E-state index contributed by atoms with van der Waals surface area (Å²) in [5, 5.41) is 4.57. The van der Waals surface area contributed by atoms with E-state index in [1.807, 2.05) is 0 Å². The van der Waals surface area contributed by atoms with Crippen LogP contribution in [0.3, 0.4) is 0 Å². The van der Waals surface area contributed by atoms with Gasteiger partial charge in [0.25, 0.3) is 5.91 Å². The molecule has 2 aliphatic heterocycles. The number of halogens is 1. The van der Waals surface area contributed by atoms with Crippen LogP contribution in [0, 0.1) is 0 Å². The van der Waals surface area contributed by atoms with E-state index in [1.165, 1.54) is 4.31 Å². The molecule has 146 valence electrons. The number of imide groups is 1. The summed E-state index contributed by atoms with van der Waals surface area (Å²) >= 11 is 3.27. The third kappa shape index (κ3) is 4.47. The molecule has 2 N–H and O–H groups in total. The molecule has 0 spiro atoms. The van der Waals surface area contributed by atoms with Crippen LogP contribution in [0.5, 0.6) is 0 Å². The van der Waals surface area contributed by atoms with Crippen LogP contribution in [0.25, 0.3) is 0 Å². The largest absolute Gasteiger partial charge is 0.340 e. The van der Waals surface area contributed by atoms with Crippen molar-refractivity contribution in [2.45, 2.75) is 23.8 Å². The molecule has 0 aromatic heterocycles. The maximum Gasteiger partial charge on any atom is 0.322 e. The SMILES string of the molecule is O=C1NC(=O)[C@@H](CCC(=O)N2CCN(S(=O)(=O)c3cccc(Br)c3)CC2)N1. The zero-order chi connectivity index (χ0) is 19.6. The summed E-state index contributed by atoms with van der Waals surface area (Å²) < 4.78 is 27.4. The highest BCUT2D eigenvalue weighted by molar-refractivity contribution is 9.10. The Morgan fingerprint density at radius 2 is 1.89 bits per heavy atom. The first-order valence-corrected chi connectivity index (χ1v) is 10.7. The predicted octanol–water partition coefficient (Wildman–Crippen LogP) is 0.270. The quantitative estimate of drug-likeness (QED) is 0.614. The van der Waals surface area contributed by atoms with Gasteiger partial charge in [0.05, 0.1) is 4.90 Å². The Balaban J connectivity index is 1.53.